The highest BCUT2D eigenvalue weighted by Crippen LogP contribution is 2.41. The first-order chi connectivity index (χ1) is 21.3. The summed E-state index contributed by atoms with van der Waals surface area (Å²) in [5.74, 6) is -2.98. The summed E-state index contributed by atoms with van der Waals surface area (Å²) >= 11 is 0. The van der Waals surface area contributed by atoms with Crippen molar-refractivity contribution in [1.82, 2.24) is 5.32 Å². The van der Waals surface area contributed by atoms with Gasteiger partial charge in [0, 0.05) is 5.56 Å². The second-order valence-corrected chi connectivity index (χ2v) is 9.69. The number of anilines is 2. The van der Waals surface area contributed by atoms with Crippen LogP contribution in [0.2, 0.25) is 0 Å². The fourth-order valence-electron chi connectivity index (χ4n) is 4.47. The second-order valence-electron chi connectivity index (χ2n) is 9.69. The Morgan fingerprint density at radius 3 is 2.13 bits per heavy atom. The molecule has 0 saturated carbocycles. The third-order valence-electron chi connectivity index (χ3n) is 6.62. The maximum absolute atomic E-state index is 13.5. The van der Waals surface area contributed by atoms with Crippen molar-refractivity contribution < 1.29 is 56.0 Å². The average Bonchev–Trinajstić information content (AvgIpc) is 3.10. The molecule has 1 aliphatic rings. The van der Waals surface area contributed by atoms with Crippen LogP contribution in [0.25, 0.3) is 0 Å². The second kappa shape index (κ2) is 13.0. The molecule has 45 heavy (non-hydrogen) atoms. The zero-order valence-corrected chi connectivity index (χ0v) is 24.6. The lowest BCUT2D eigenvalue weighted by Gasteiger charge is -2.18. The molecule has 12 nitrogen and oxygen atoms in total. The summed E-state index contributed by atoms with van der Waals surface area (Å²) in [5, 5.41) is 7.55. The summed E-state index contributed by atoms with van der Waals surface area (Å²) in [7, 11) is 5.22. The molecule has 238 valence electrons. The minimum atomic E-state index is -4.68. The quantitative estimate of drug-likeness (QED) is 0.286. The molecule has 3 aromatic carbocycles. The average molecular weight is 632 g/mol. The fourth-order valence-corrected chi connectivity index (χ4v) is 4.47. The zero-order valence-electron chi connectivity index (χ0n) is 24.6. The normalized spacial score (nSPS) is 14.3. The molecular weight excluding hydrogens is 603 g/mol. The predicted molar refractivity (Wildman–Crippen MR) is 153 cm³/mol. The number of carbonyl (C=O) groups excluding carboxylic acids is 4. The van der Waals surface area contributed by atoms with E-state index in [0.29, 0.717) is 0 Å². The molecule has 3 N–H and O–H groups in total. The molecule has 1 aliphatic heterocycles. The molecular formula is C30H28F3N3O9. The van der Waals surface area contributed by atoms with E-state index in [-0.39, 0.29) is 56.8 Å². The van der Waals surface area contributed by atoms with Crippen LogP contribution in [0.1, 0.15) is 38.3 Å². The molecule has 0 bridgehead atoms. The van der Waals surface area contributed by atoms with Gasteiger partial charge >= 0.3 is 12.1 Å². The van der Waals surface area contributed by atoms with E-state index in [1.54, 1.807) is 0 Å². The molecule has 0 unspecified atom stereocenters. The first kappa shape index (κ1) is 32.4. The van der Waals surface area contributed by atoms with Crippen LogP contribution in [0.3, 0.4) is 0 Å². The first-order valence-electron chi connectivity index (χ1n) is 13.1. The van der Waals surface area contributed by atoms with Crippen molar-refractivity contribution in [3.63, 3.8) is 0 Å². The number of benzene rings is 3. The van der Waals surface area contributed by atoms with E-state index < -0.39 is 47.9 Å². The van der Waals surface area contributed by atoms with Gasteiger partial charge in [-0.25, -0.2) is 0 Å². The smallest absolute Gasteiger partial charge is 0.416 e. The highest BCUT2D eigenvalue weighted by molar-refractivity contribution is 6.13. The Morgan fingerprint density at radius 1 is 0.889 bits per heavy atom. The lowest BCUT2D eigenvalue weighted by molar-refractivity contribution is -0.142. The summed E-state index contributed by atoms with van der Waals surface area (Å²) in [6.07, 6.45) is -5.15. The van der Waals surface area contributed by atoms with Gasteiger partial charge in [-0.15, -0.1) is 0 Å². The van der Waals surface area contributed by atoms with E-state index in [2.05, 4.69) is 20.7 Å². The van der Waals surface area contributed by atoms with Crippen LogP contribution in [0.15, 0.2) is 42.5 Å². The number of fused-ring (bicyclic) bond motifs is 1. The van der Waals surface area contributed by atoms with Gasteiger partial charge < -0.3 is 39.6 Å². The van der Waals surface area contributed by atoms with Gasteiger partial charge in [0.25, 0.3) is 11.8 Å². The molecule has 0 spiro atoms. The van der Waals surface area contributed by atoms with Crippen molar-refractivity contribution in [2.24, 2.45) is 0 Å². The third kappa shape index (κ3) is 7.20. The molecule has 0 aliphatic carbocycles. The summed E-state index contributed by atoms with van der Waals surface area (Å²) in [4.78, 5) is 51.3. The molecule has 1 atom stereocenters. The van der Waals surface area contributed by atoms with Crippen LogP contribution in [0, 0.1) is 6.92 Å². The van der Waals surface area contributed by atoms with Crippen molar-refractivity contribution in [1.29, 1.82) is 0 Å². The van der Waals surface area contributed by atoms with Crippen LogP contribution in [-0.2, 0) is 20.5 Å². The van der Waals surface area contributed by atoms with Crippen LogP contribution >= 0.6 is 0 Å². The van der Waals surface area contributed by atoms with Gasteiger partial charge in [0.15, 0.2) is 17.2 Å². The summed E-state index contributed by atoms with van der Waals surface area (Å²) in [6, 6.07) is 6.81. The van der Waals surface area contributed by atoms with Gasteiger partial charge in [0.2, 0.25) is 11.7 Å². The number of hydrogen-bond acceptors (Lipinski definition) is 9. The number of alkyl halides is 3. The molecule has 0 radical (unpaired) electrons. The molecule has 15 heteroatoms. The van der Waals surface area contributed by atoms with E-state index in [0.717, 1.165) is 25.3 Å². The number of halogens is 3. The summed E-state index contributed by atoms with van der Waals surface area (Å²) in [5.41, 5.74) is -1.07. The molecule has 3 amide bonds. The van der Waals surface area contributed by atoms with Crippen LogP contribution < -0.4 is 34.9 Å². The molecule has 0 aromatic heterocycles. The number of methoxy groups -OCH3 is 4. The van der Waals surface area contributed by atoms with Gasteiger partial charge in [0.05, 0.1) is 57.4 Å². The van der Waals surface area contributed by atoms with E-state index >= 15 is 0 Å². The van der Waals surface area contributed by atoms with E-state index in [1.807, 2.05) is 0 Å². The largest absolute Gasteiger partial charge is 0.493 e. The Bertz CT molecular complexity index is 1650. The minimum absolute atomic E-state index is 0.0280. The maximum atomic E-state index is 13.5. The SMILES string of the molecule is COC(=O)C[C@@H]1NC(=O)c2cc(Oc3cc(C)cc(C(F)(F)F)c3)c(NC(=O)c3cc(OC)c(OC)c(OC)c3)cc2NC1=O. The standard InChI is InChI=1S/C30H28F3N3O9/c1-14-6-16(30(31,32)33)10-17(7-14)45-22-11-18-19(34-29(40)21(36-28(18)39)13-25(37)43-4)12-20(22)35-27(38)15-8-23(41-2)26(44-5)24(9-15)42-3/h6-12,21H,13H2,1-5H3,(H,34,40)(H,35,38)(H,36,39)/t21-/m0/s1. The van der Waals surface area contributed by atoms with Crippen LogP contribution in [0.4, 0.5) is 24.5 Å². The lowest BCUT2D eigenvalue weighted by atomic mass is 10.1. The Morgan fingerprint density at radius 2 is 1.56 bits per heavy atom. The Labute approximate surface area is 254 Å². The predicted octanol–water partition coefficient (Wildman–Crippen LogP) is 4.70. The maximum Gasteiger partial charge on any atom is 0.416 e. The van der Waals surface area contributed by atoms with Crippen molar-refractivity contribution in [3.8, 4) is 28.7 Å². The molecule has 0 fully saturated rings. The van der Waals surface area contributed by atoms with Crippen molar-refractivity contribution >= 4 is 35.1 Å². The van der Waals surface area contributed by atoms with Crippen molar-refractivity contribution in [2.45, 2.75) is 25.6 Å². The highest BCUT2D eigenvalue weighted by atomic mass is 19.4. The van der Waals surface area contributed by atoms with E-state index in [1.165, 1.54) is 52.5 Å². The number of amides is 3. The van der Waals surface area contributed by atoms with Gasteiger partial charge in [-0.2, -0.15) is 13.2 Å². The number of hydrogen-bond donors (Lipinski definition) is 3. The molecule has 1 heterocycles. The highest BCUT2D eigenvalue weighted by Gasteiger charge is 2.33. The number of carbonyl (C=O) groups is 4. The molecule has 3 aromatic rings. The fraction of sp³-hybridized carbons (Fsp3) is 0.267. The first-order valence-corrected chi connectivity index (χ1v) is 13.1. The van der Waals surface area contributed by atoms with Gasteiger partial charge in [0.1, 0.15) is 11.8 Å². The minimum Gasteiger partial charge on any atom is -0.493 e. The number of ether oxygens (including phenoxy) is 5. The Kier molecular flexibility index (Phi) is 9.40. The number of rotatable bonds is 9. The lowest BCUT2D eigenvalue weighted by Crippen LogP contribution is -2.42. The van der Waals surface area contributed by atoms with Gasteiger partial charge in [-0.05, 0) is 55.0 Å². The summed E-state index contributed by atoms with van der Waals surface area (Å²) < 4.78 is 67.0. The monoisotopic (exact) mass is 631 g/mol. The molecule has 4 rings (SSSR count). The van der Waals surface area contributed by atoms with E-state index in [9.17, 15) is 32.3 Å². The number of nitrogens with one attached hydrogen (secondary N) is 3. The van der Waals surface area contributed by atoms with Gasteiger partial charge in [-0.1, -0.05) is 0 Å². The third-order valence-corrected chi connectivity index (χ3v) is 6.62. The topological polar surface area (TPSA) is 151 Å². The Balaban J connectivity index is 1.81. The van der Waals surface area contributed by atoms with E-state index in [4.69, 9.17) is 18.9 Å². The molecule has 0 saturated heterocycles. The number of aryl methyl sites for hydroxylation is 1. The van der Waals surface area contributed by atoms with Crippen molar-refractivity contribution in [3.05, 3.63) is 64.7 Å². The summed E-state index contributed by atoms with van der Waals surface area (Å²) in [6.45, 7) is 1.44. The number of esters is 1. The van der Waals surface area contributed by atoms with Crippen molar-refractivity contribution in [2.75, 3.05) is 39.1 Å². The van der Waals surface area contributed by atoms with Gasteiger partial charge in [-0.3, -0.25) is 19.2 Å². The van der Waals surface area contributed by atoms with Crippen LogP contribution in [0.5, 0.6) is 28.7 Å². The Hall–Kier alpha value is -5.47. The zero-order chi connectivity index (χ0) is 33.1. The van der Waals surface area contributed by atoms with Crippen LogP contribution in [-0.4, -0.2) is 58.2 Å².